The van der Waals surface area contributed by atoms with Crippen LogP contribution in [0, 0.1) is 27.2 Å². The lowest BCUT2D eigenvalue weighted by Gasteiger charge is -2.04. The Balaban J connectivity index is 0.000000537. The quantitative estimate of drug-likeness (QED) is 0.159. The second-order valence-electron chi connectivity index (χ2n) is 5.90. The molecule has 2 aromatic carbocycles. The van der Waals surface area contributed by atoms with Crippen molar-refractivity contribution >= 4 is 85.6 Å². The van der Waals surface area contributed by atoms with E-state index in [4.69, 9.17) is 46.4 Å². The fourth-order valence-corrected chi connectivity index (χ4v) is 2.68. The third-order valence-corrected chi connectivity index (χ3v) is 4.28. The number of esters is 2. The number of aryl methyl sites for hydroxylation is 1. The lowest BCUT2D eigenvalue weighted by molar-refractivity contribution is -0.385. The summed E-state index contributed by atoms with van der Waals surface area (Å²) in [7, 11) is 2.53. The second kappa shape index (κ2) is 14.9. The Kier molecular flexibility index (Phi) is 14.0. The predicted octanol–water partition coefficient (Wildman–Crippen LogP) is 6.52. The van der Waals surface area contributed by atoms with Gasteiger partial charge >= 0.3 is 11.9 Å². The van der Waals surface area contributed by atoms with Crippen molar-refractivity contribution in [1.82, 2.24) is 0 Å². The maximum atomic E-state index is 11.3. The molecule has 0 aliphatic carbocycles. The van der Waals surface area contributed by atoms with E-state index in [0.717, 1.165) is 0 Å². The molecule has 0 radical (unpaired) electrons. The number of ether oxygens (including phenoxy) is 2. The summed E-state index contributed by atoms with van der Waals surface area (Å²) in [4.78, 5) is 42.3. The fourth-order valence-electron chi connectivity index (χ4n) is 2.21. The maximum Gasteiger partial charge on any atom is 0.338 e. The zero-order chi connectivity index (χ0) is 26.6. The average molecular weight is 623 g/mol. The molecule has 0 unspecified atom stereocenters. The van der Waals surface area contributed by atoms with E-state index < -0.39 is 25.0 Å². The van der Waals surface area contributed by atoms with Crippen LogP contribution in [0.4, 0.5) is 11.4 Å². The van der Waals surface area contributed by atoms with Crippen molar-refractivity contribution in [3.05, 3.63) is 78.9 Å². The summed E-state index contributed by atoms with van der Waals surface area (Å²) in [5.41, 5.74) is 1.67. The molecule has 0 aliphatic rings. The zero-order valence-corrected chi connectivity index (χ0v) is 22.3. The minimum absolute atomic E-state index is 0.0323. The van der Waals surface area contributed by atoms with Gasteiger partial charge in [0.15, 0.2) is 0 Å². The summed E-state index contributed by atoms with van der Waals surface area (Å²) in [5, 5.41) is 21.2. The van der Waals surface area contributed by atoms with Crippen molar-refractivity contribution in [2.24, 2.45) is 0 Å². The lowest BCUT2D eigenvalue weighted by atomic mass is 10.1. The summed E-state index contributed by atoms with van der Waals surface area (Å²) in [5.74, 6) is -0.989. The van der Waals surface area contributed by atoms with E-state index in [1.54, 1.807) is 6.92 Å². The molecule has 15 heteroatoms. The number of nitrogens with zero attached hydrogens (tertiary/aromatic N) is 2. The van der Waals surface area contributed by atoms with E-state index in [0.29, 0.717) is 27.6 Å². The SMILES string of the molecule is COC(=O)c1ccc([N+](=O)[O-])cc1C.COC(=O)c1ccc([N+](=O)[O-])cc1CBr.ClC(Cl)(Cl)Cl. The van der Waals surface area contributed by atoms with Crippen molar-refractivity contribution in [2.75, 3.05) is 14.2 Å². The standard InChI is InChI=1S/C9H8BrNO4.C9H9NO4.CCl4/c1-15-9(12)8-3-2-7(11(13)14)4-6(8)5-10;1-6-5-7(10(12)13)3-4-8(6)9(11)14-2;2-1(3,4)5/h2-4H,5H2,1H3;3-5H,1-2H3;. The van der Waals surface area contributed by atoms with Gasteiger partial charge in [-0.3, -0.25) is 20.2 Å². The number of nitro benzene ring substituents is 2. The van der Waals surface area contributed by atoms with Crippen molar-refractivity contribution in [2.45, 2.75) is 15.5 Å². The van der Waals surface area contributed by atoms with Gasteiger partial charge in [-0.1, -0.05) is 62.3 Å². The monoisotopic (exact) mass is 620 g/mol. The van der Waals surface area contributed by atoms with Crippen LogP contribution in [0.1, 0.15) is 31.8 Å². The Hall–Kier alpha value is -2.18. The van der Waals surface area contributed by atoms with Crippen LogP contribution in [0.15, 0.2) is 36.4 Å². The van der Waals surface area contributed by atoms with Crippen LogP contribution in [0.2, 0.25) is 0 Å². The first-order valence-corrected chi connectivity index (χ1v) is 11.3. The number of alkyl halides is 5. The maximum absolute atomic E-state index is 11.3. The second-order valence-corrected chi connectivity index (χ2v) is 9.89. The molecule has 0 spiro atoms. The number of halogens is 5. The van der Waals surface area contributed by atoms with Gasteiger partial charge in [-0.15, -0.1) is 0 Å². The number of benzene rings is 2. The van der Waals surface area contributed by atoms with Crippen LogP contribution < -0.4 is 0 Å². The summed E-state index contributed by atoms with van der Waals surface area (Å²) in [6, 6.07) is 8.02. The third kappa shape index (κ3) is 11.8. The minimum atomic E-state index is -1.61. The first-order chi connectivity index (χ1) is 15.7. The van der Waals surface area contributed by atoms with E-state index in [1.807, 2.05) is 0 Å². The number of rotatable bonds is 5. The molecule has 0 aromatic heterocycles. The molecule has 0 bridgehead atoms. The minimum Gasteiger partial charge on any atom is -0.465 e. The average Bonchev–Trinajstić information content (AvgIpc) is 2.76. The zero-order valence-electron chi connectivity index (χ0n) is 17.7. The largest absolute Gasteiger partial charge is 0.465 e. The lowest BCUT2D eigenvalue weighted by Crippen LogP contribution is -2.05. The molecule has 34 heavy (non-hydrogen) atoms. The van der Waals surface area contributed by atoms with Crippen LogP contribution in [0.25, 0.3) is 0 Å². The van der Waals surface area contributed by atoms with Gasteiger partial charge in [0.2, 0.25) is 0 Å². The van der Waals surface area contributed by atoms with E-state index in [1.165, 1.54) is 50.6 Å². The van der Waals surface area contributed by atoms with Crippen LogP contribution in [-0.2, 0) is 14.8 Å². The van der Waals surface area contributed by atoms with Crippen LogP contribution in [-0.4, -0.2) is 39.3 Å². The van der Waals surface area contributed by atoms with Gasteiger partial charge in [-0.25, -0.2) is 9.59 Å². The van der Waals surface area contributed by atoms with E-state index in [2.05, 4.69) is 25.4 Å². The van der Waals surface area contributed by atoms with Gasteiger partial charge in [0, 0.05) is 29.6 Å². The van der Waals surface area contributed by atoms with E-state index in [9.17, 15) is 29.8 Å². The molecule has 2 aromatic rings. The van der Waals surface area contributed by atoms with Crippen LogP contribution in [0.5, 0.6) is 0 Å². The summed E-state index contributed by atoms with van der Waals surface area (Å²) < 4.78 is 7.45. The number of nitro groups is 2. The van der Waals surface area contributed by atoms with Crippen LogP contribution >= 0.6 is 62.3 Å². The highest BCUT2D eigenvalue weighted by Gasteiger charge is 2.15. The summed E-state index contributed by atoms with van der Waals surface area (Å²) in [6.45, 7) is 1.62. The highest BCUT2D eigenvalue weighted by Crippen LogP contribution is 2.29. The van der Waals surface area contributed by atoms with E-state index in [-0.39, 0.29) is 11.4 Å². The number of methoxy groups -OCH3 is 2. The number of non-ortho nitro benzene ring substituents is 2. The highest BCUT2D eigenvalue weighted by molar-refractivity contribution is 9.08. The van der Waals surface area contributed by atoms with Gasteiger partial charge in [0.05, 0.1) is 35.2 Å². The van der Waals surface area contributed by atoms with Crippen molar-refractivity contribution in [3.63, 3.8) is 0 Å². The van der Waals surface area contributed by atoms with Gasteiger partial charge in [-0.2, -0.15) is 0 Å². The molecule has 0 saturated carbocycles. The van der Waals surface area contributed by atoms with Crippen molar-refractivity contribution in [1.29, 1.82) is 0 Å². The third-order valence-electron chi connectivity index (χ3n) is 3.68. The first-order valence-electron chi connectivity index (χ1n) is 8.66. The van der Waals surface area contributed by atoms with Gasteiger partial charge in [0.25, 0.3) is 14.6 Å². The molecular weight excluding hydrogens is 606 g/mol. The van der Waals surface area contributed by atoms with Gasteiger partial charge in [0.1, 0.15) is 0 Å². The first kappa shape index (κ1) is 31.8. The Bertz CT molecular complexity index is 1040. The Morgan fingerprint density at radius 1 is 0.882 bits per heavy atom. The molecule has 0 amide bonds. The highest BCUT2D eigenvalue weighted by atomic mass is 79.9. The van der Waals surface area contributed by atoms with Crippen LogP contribution in [0.3, 0.4) is 0 Å². The Labute approximate surface area is 222 Å². The number of hydrogen-bond donors (Lipinski definition) is 0. The smallest absolute Gasteiger partial charge is 0.338 e. The number of hydrogen-bond acceptors (Lipinski definition) is 8. The molecule has 2 rings (SSSR count). The molecule has 0 saturated heterocycles. The van der Waals surface area contributed by atoms with Gasteiger partial charge in [-0.05, 0) is 30.2 Å². The predicted molar refractivity (Wildman–Crippen MR) is 132 cm³/mol. The molecule has 0 heterocycles. The fraction of sp³-hybridized carbons (Fsp3) is 0.263. The Morgan fingerprint density at radius 2 is 1.26 bits per heavy atom. The molecule has 0 atom stereocenters. The molecule has 0 aliphatic heterocycles. The number of carbonyl (C=O) groups excluding carboxylic acids is 2. The van der Waals surface area contributed by atoms with Crippen molar-refractivity contribution < 1.29 is 28.9 Å². The summed E-state index contributed by atoms with van der Waals surface area (Å²) in [6.07, 6.45) is 0. The Morgan fingerprint density at radius 3 is 1.62 bits per heavy atom. The summed E-state index contributed by atoms with van der Waals surface area (Å²) >= 11 is 22.5. The molecule has 0 N–H and O–H groups in total. The van der Waals surface area contributed by atoms with Crippen molar-refractivity contribution in [3.8, 4) is 0 Å². The molecular formula is C19H17BrCl4N2O8. The molecule has 0 fully saturated rings. The molecule has 10 nitrogen and oxygen atoms in total. The van der Waals surface area contributed by atoms with Gasteiger partial charge < -0.3 is 9.47 Å². The topological polar surface area (TPSA) is 139 Å². The van der Waals surface area contributed by atoms with E-state index >= 15 is 0 Å². The number of carbonyl (C=O) groups is 2. The molecule has 186 valence electrons. The normalized spacial score (nSPS) is 10.0.